The van der Waals surface area contributed by atoms with Crippen LogP contribution in [0.2, 0.25) is 0 Å². The number of hydrogen-bond acceptors (Lipinski definition) is 7. The van der Waals surface area contributed by atoms with Gasteiger partial charge in [0.05, 0.1) is 18.7 Å². The molecule has 0 radical (unpaired) electrons. The van der Waals surface area contributed by atoms with Crippen molar-refractivity contribution in [3.63, 3.8) is 0 Å². The van der Waals surface area contributed by atoms with Gasteiger partial charge in [0.2, 0.25) is 5.78 Å². The number of Topliss-reactive ketones (excluding diaryl/α,β-unsaturated/α-hetero) is 1. The van der Waals surface area contributed by atoms with Gasteiger partial charge in [0, 0.05) is 36.1 Å². The summed E-state index contributed by atoms with van der Waals surface area (Å²) in [4.78, 5) is 26.1. The van der Waals surface area contributed by atoms with E-state index in [9.17, 15) is 9.59 Å². The van der Waals surface area contributed by atoms with E-state index >= 15 is 0 Å². The molecule has 0 atom stereocenters. The number of ether oxygens (including phenoxy) is 4. The molecule has 42 heavy (non-hydrogen) atoms. The van der Waals surface area contributed by atoms with Crippen LogP contribution in [0.25, 0.3) is 22.2 Å². The lowest BCUT2D eigenvalue weighted by Gasteiger charge is -2.19. The first kappa shape index (κ1) is 31.3. The largest absolute Gasteiger partial charge is 0.491 e. The summed E-state index contributed by atoms with van der Waals surface area (Å²) < 4.78 is 24.3. The summed E-state index contributed by atoms with van der Waals surface area (Å²) in [5.41, 5.74) is 2.77. The lowest BCUT2D eigenvalue weighted by molar-refractivity contribution is 0.0523. The van der Waals surface area contributed by atoms with Gasteiger partial charge in [-0.2, -0.15) is 9.78 Å². The molecule has 2 heterocycles. The molecule has 8 heteroatoms. The van der Waals surface area contributed by atoms with Crippen LogP contribution in [0.5, 0.6) is 5.75 Å². The minimum Gasteiger partial charge on any atom is -0.491 e. The van der Waals surface area contributed by atoms with Crippen molar-refractivity contribution >= 4 is 22.8 Å². The van der Waals surface area contributed by atoms with E-state index in [1.165, 1.54) is 4.68 Å². The fraction of sp³-hybridized carbons (Fsp3) is 0.500. The van der Waals surface area contributed by atoms with Crippen molar-refractivity contribution < 1.29 is 28.5 Å². The topological polar surface area (TPSA) is 88.9 Å². The molecule has 1 aromatic heterocycles. The fourth-order valence-electron chi connectivity index (χ4n) is 4.73. The number of ketones is 1. The number of nitrogens with zero attached hydrogens (tertiary/aromatic N) is 2. The molecule has 1 aliphatic heterocycles. The second-order valence-electron chi connectivity index (χ2n) is 11.5. The van der Waals surface area contributed by atoms with Gasteiger partial charge in [-0.25, -0.2) is 4.79 Å². The maximum Gasteiger partial charge on any atom is 0.435 e. The Bertz CT molecular complexity index is 1440. The highest BCUT2D eigenvalue weighted by Gasteiger charge is 2.24. The molecule has 4 rings (SSSR count). The van der Waals surface area contributed by atoms with Crippen LogP contribution in [0.1, 0.15) is 82.1 Å². The molecule has 8 nitrogen and oxygen atoms in total. The standard InChI is InChI=1S/C34H42N2O6/c1-5-16-39-17-10-7-6-8-12-25-21-27-23-28(22-25)41-20-19-40-18-11-9-13-31(37)26-14-15-30-29(24-26)32(27)35-36(30)33(38)42-34(2,3)4/h14-15,21-24H,5-8,10-12,16-20H2,1-4H3. The van der Waals surface area contributed by atoms with E-state index < -0.39 is 11.7 Å². The zero-order valence-electron chi connectivity index (χ0n) is 25.3. The van der Waals surface area contributed by atoms with Gasteiger partial charge in [0.15, 0.2) is 0 Å². The summed E-state index contributed by atoms with van der Waals surface area (Å²) in [6.45, 7) is 10.4. The van der Waals surface area contributed by atoms with Gasteiger partial charge in [-0.05, 0) is 94.3 Å². The maximum absolute atomic E-state index is 13.2. The molecule has 0 saturated heterocycles. The Morgan fingerprint density at radius 3 is 2.64 bits per heavy atom. The third kappa shape index (κ3) is 8.91. The van der Waals surface area contributed by atoms with Crippen LogP contribution in [-0.4, -0.2) is 60.3 Å². The highest BCUT2D eigenvalue weighted by atomic mass is 16.6. The number of benzene rings is 2. The fourth-order valence-corrected chi connectivity index (χ4v) is 4.73. The monoisotopic (exact) mass is 574 g/mol. The van der Waals surface area contributed by atoms with Gasteiger partial charge >= 0.3 is 6.09 Å². The van der Waals surface area contributed by atoms with E-state index in [0.29, 0.717) is 54.2 Å². The van der Waals surface area contributed by atoms with E-state index in [2.05, 4.69) is 30.9 Å². The first-order valence-corrected chi connectivity index (χ1v) is 15.0. The van der Waals surface area contributed by atoms with Crippen LogP contribution in [0, 0.1) is 11.8 Å². The molecule has 0 N–H and O–H groups in total. The Labute approximate surface area is 248 Å². The Morgan fingerprint density at radius 2 is 1.83 bits per heavy atom. The van der Waals surface area contributed by atoms with Gasteiger partial charge in [0.1, 0.15) is 23.7 Å². The van der Waals surface area contributed by atoms with E-state index in [4.69, 9.17) is 24.0 Å². The predicted octanol–water partition coefficient (Wildman–Crippen LogP) is 7.00. The number of hydrogen-bond donors (Lipinski definition) is 0. The first-order valence-electron chi connectivity index (χ1n) is 15.0. The summed E-state index contributed by atoms with van der Waals surface area (Å²) in [7, 11) is 0. The number of unbranched alkanes of at least 4 members (excludes halogenated alkanes) is 3. The average Bonchev–Trinajstić information content (AvgIpc) is 3.33. The normalized spacial score (nSPS) is 14.0. The summed E-state index contributed by atoms with van der Waals surface area (Å²) in [5, 5.41) is 5.39. The van der Waals surface area contributed by atoms with Crippen LogP contribution < -0.4 is 4.74 Å². The van der Waals surface area contributed by atoms with Crippen molar-refractivity contribution in [1.82, 2.24) is 9.78 Å². The van der Waals surface area contributed by atoms with Crippen LogP contribution in [0.3, 0.4) is 0 Å². The SMILES string of the molecule is CCCOCCCCCCc1cc2cc(c1)-c1nn(C(=O)OC(C)(C)C)c3ccc(cc13)C(=O)C#CCCOCCO2. The van der Waals surface area contributed by atoms with Gasteiger partial charge in [-0.3, -0.25) is 4.79 Å². The zero-order chi connectivity index (χ0) is 30.0. The Morgan fingerprint density at radius 1 is 1.00 bits per heavy atom. The summed E-state index contributed by atoms with van der Waals surface area (Å²) >= 11 is 0. The lowest BCUT2D eigenvalue weighted by Crippen LogP contribution is -2.27. The van der Waals surface area contributed by atoms with Crippen molar-refractivity contribution in [2.75, 3.05) is 33.0 Å². The number of fused-ring (bicyclic) bond motifs is 4. The third-order valence-corrected chi connectivity index (χ3v) is 6.67. The van der Waals surface area contributed by atoms with Gasteiger partial charge < -0.3 is 18.9 Å². The molecular weight excluding hydrogens is 532 g/mol. The van der Waals surface area contributed by atoms with E-state index in [0.717, 1.165) is 62.9 Å². The maximum atomic E-state index is 13.2. The van der Waals surface area contributed by atoms with Crippen LogP contribution >= 0.6 is 0 Å². The molecule has 0 aliphatic carbocycles. The van der Waals surface area contributed by atoms with E-state index in [1.54, 1.807) is 18.2 Å². The average molecular weight is 575 g/mol. The Balaban J connectivity index is 1.70. The first-order chi connectivity index (χ1) is 20.2. The van der Waals surface area contributed by atoms with Crippen molar-refractivity contribution in [2.24, 2.45) is 0 Å². The number of carbonyl (C=O) groups excluding carboxylic acids is 2. The molecule has 0 fully saturated rings. The summed E-state index contributed by atoms with van der Waals surface area (Å²) in [6.07, 6.45) is 6.10. The van der Waals surface area contributed by atoms with Crippen molar-refractivity contribution in [1.29, 1.82) is 0 Å². The number of rotatable bonds is 9. The van der Waals surface area contributed by atoms with Crippen LogP contribution in [-0.2, 0) is 20.6 Å². The molecule has 1 aliphatic rings. The molecular formula is C34H42N2O6. The van der Waals surface area contributed by atoms with Crippen LogP contribution in [0.15, 0.2) is 36.4 Å². The van der Waals surface area contributed by atoms with Gasteiger partial charge in [0.25, 0.3) is 0 Å². The minimum atomic E-state index is -0.696. The third-order valence-electron chi connectivity index (χ3n) is 6.67. The number of aryl methyl sites for hydroxylation is 1. The molecule has 0 unspecified atom stereocenters. The second-order valence-corrected chi connectivity index (χ2v) is 11.5. The van der Waals surface area contributed by atoms with Crippen molar-refractivity contribution in [3.05, 3.63) is 47.5 Å². The summed E-state index contributed by atoms with van der Waals surface area (Å²) in [5.74, 6) is 6.00. The lowest BCUT2D eigenvalue weighted by atomic mass is 9.99. The van der Waals surface area contributed by atoms with E-state index in [-0.39, 0.29) is 5.78 Å². The molecule has 224 valence electrons. The molecule has 2 aromatic carbocycles. The molecule has 0 saturated carbocycles. The Hall–Kier alpha value is -3.67. The quantitative estimate of drug-likeness (QED) is 0.154. The zero-order valence-corrected chi connectivity index (χ0v) is 25.3. The second kappa shape index (κ2) is 15.0. The number of aromatic nitrogens is 2. The molecule has 3 aromatic rings. The Kier molecular flexibility index (Phi) is 11.2. The molecule has 0 amide bonds. The van der Waals surface area contributed by atoms with E-state index in [1.807, 2.05) is 26.8 Å². The highest BCUT2D eigenvalue weighted by Crippen LogP contribution is 2.33. The van der Waals surface area contributed by atoms with Gasteiger partial charge in [-0.1, -0.05) is 25.7 Å². The minimum absolute atomic E-state index is 0.294. The molecule has 0 spiro atoms. The predicted molar refractivity (Wildman–Crippen MR) is 163 cm³/mol. The highest BCUT2D eigenvalue weighted by molar-refractivity contribution is 6.12. The van der Waals surface area contributed by atoms with Crippen molar-refractivity contribution in [2.45, 2.75) is 78.2 Å². The van der Waals surface area contributed by atoms with Crippen molar-refractivity contribution in [3.8, 4) is 28.8 Å². The van der Waals surface area contributed by atoms with Gasteiger partial charge in [-0.15, -0.1) is 0 Å². The summed E-state index contributed by atoms with van der Waals surface area (Å²) in [6, 6.07) is 11.2. The number of carbonyl (C=O) groups is 2. The molecule has 4 bridgehead atoms. The van der Waals surface area contributed by atoms with Crippen LogP contribution in [0.4, 0.5) is 4.79 Å². The smallest absolute Gasteiger partial charge is 0.435 e.